The molecule has 17 heavy (non-hydrogen) atoms. The first kappa shape index (κ1) is 12.5. The van der Waals surface area contributed by atoms with Crippen LogP contribution in [0.25, 0.3) is 0 Å². The molecule has 1 saturated heterocycles. The van der Waals surface area contributed by atoms with Crippen molar-refractivity contribution >= 4 is 15.9 Å². The molecule has 0 aromatic heterocycles. The van der Waals surface area contributed by atoms with E-state index < -0.39 is 17.3 Å². The van der Waals surface area contributed by atoms with Crippen molar-refractivity contribution in [3.63, 3.8) is 0 Å². The maximum atomic E-state index is 13.6. The van der Waals surface area contributed by atoms with Gasteiger partial charge >= 0.3 is 0 Å². The van der Waals surface area contributed by atoms with Gasteiger partial charge in [-0.25, -0.2) is 4.39 Å². The molecule has 0 bridgehead atoms. The minimum Gasteiger partial charge on any atom is -0.387 e. The predicted octanol–water partition coefficient (Wildman–Crippen LogP) is 2.55. The Balaban J connectivity index is 2.39. The molecule has 1 aliphatic heterocycles. The molecule has 1 heterocycles. The summed E-state index contributed by atoms with van der Waals surface area (Å²) in [4.78, 5) is 0. The summed E-state index contributed by atoms with van der Waals surface area (Å²) in [6.07, 6.45) is -0.760. The van der Waals surface area contributed by atoms with Crippen LogP contribution in [0.1, 0.15) is 18.1 Å². The molecule has 1 aromatic carbocycles. The van der Waals surface area contributed by atoms with E-state index in [0.29, 0.717) is 17.5 Å². The van der Waals surface area contributed by atoms with Crippen LogP contribution in [-0.4, -0.2) is 18.3 Å². The van der Waals surface area contributed by atoms with Crippen LogP contribution in [0.4, 0.5) is 4.39 Å². The lowest BCUT2D eigenvalue weighted by molar-refractivity contribution is 0.0478. The number of ether oxygens (including phenoxy) is 1. The minimum atomic E-state index is -1.17. The molecular formula is C12H11BrFNO2. The maximum Gasteiger partial charge on any atom is 0.129 e. The van der Waals surface area contributed by atoms with E-state index in [1.807, 2.05) is 0 Å². The predicted molar refractivity (Wildman–Crippen MR) is 62.5 cm³/mol. The summed E-state index contributed by atoms with van der Waals surface area (Å²) in [5, 5.41) is 19.4. The number of hydrogen-bond acceptors (Lipinski definition) is 3. The van der Waals surface area contributed by atoms with Gasteiger partial charge in [0.05, 0.1) is 12.7 Å². The molecule has 90 valence electrons. The van der Waals surface area contributed by atoms with Crippen molar-refractivity contribution in [1.29, 1.82) is 5.26 Å². The third kappa shape index (κ3) is 2.21. The van der Waals surface area contributed by atoms with Gasteiger partial charge in [0.1, 0.15) is 17.3 Å². The van der Waals surface area contributed by atoms with E-state index in [4.69, 9.17) is 4.74 Å². The fourth-order valence-electron chi connectivity index (χ4n) is 1.97. The first-order valence-electron chi connectivity index (χ1n) is 5.21. The molecule has 0 radical (unpaired) electrons. The highest BCUT2D eigenvalue weighted by atomic mass is 79.9. The summed E-state index contributed by atoms with van der Waals surface area (Å²) in [7, 11) is 0. The largest absolute Gasteiger partial charge is 0.387 e. The zero-order valence-electron chi connectivity index (χ0n) is 8.99. The standard InChI is InChI=1S/C12H11BrFNO2/c13-8-1-2-10(14)9(5-8)11(16)12(6-15)3-4-17-7-12/h1-2,5,11,16H,3-4,7H2. The highest BCUT2D eigenvalue weighted by Crippen LogP contribution is 2.41. The monoisotopic (exact) mass is 299 g/mol. The van der Waals surface area contributed by atoms with Crippen LogP contribution in [0.15, 0.2) is 22.7 Å². The Kier molecular flexibility index (Phi) is 3.48. The Bertz CT molecular complexity index is 466. The number of nitrogens with zero attached hydrogens (tertiary/aromatic N) is 1. The molecule has 1 aromatic rings. The van der Waals surface area contributed by atoms with Gasteiger partial charge in [0.25, 0.3) is 0 Å². The molecule has 1 aliphatic rings. The van der Waals surface area contributed by atoms with Crippen molar-refractivity contribution in [2.75, 3.05) is 13.2 Å². The molecule has 2 unspecified atom stereocenters. The number of hydrogen-bond donors (Lipinski definition) is 1. The molecule has 0 saturated carbocycles. The van der Waals surface area contributed by atoms with Crippen molar-refractivity contribution in [2.24, 2.45) is 5.41 Å². The van der Waals surface area contributed by atoms with Crippen LogP contribution in [0.3, 0.4) is 0 Å². The van der Waals surface area contributed by atoms with Crippen LogP contribution < -0.4 is 0 Å². The van der Waals surface area contributed by atoms with Crippen molar-refractivity contribution in [3.05, 3.63) is 34.1 Å². The third-order valence-electron chi connectivity index (χ3n) is 3.05. The SMILES string of the molecule is N#CC1(C(O)c2cc(Br)ccc2F)CCOC1. The van der Waals surface area contributed by atoms with Crippen molar-refractivity contribution in [3.8, 4) is 6.07 Å². The van der Waals surface area contributed by atoms with Gasteiger partial charge < -0.3 is 9.84 Å². The smallest absolute Gasteiger partial charge is 0.129 e. The van der Waals surface area contributed by atoms with Crippen LogP contribution in [0.5, 0.6) is 0 Å². The fraction of sp³-hybridized carbons (Fsp3) is 0.417. The summed E-state index contributed by atoms with van der Waals surface area (Å²) >= 11 is 3.22. The van der Waals surface area contributed by atoms with E-state index in [9.17, 15) is 14.8 Å². The van der Waals surface area contributed by atoms with E-state index in [1.54, 1.807) is 6.07 Å². The van der Waals surface area contributed by atoms with E-state index in [0.717, 1.165) is 0 Å². The summed E-state index contributed by atoms with van der Waals surface area (Å²) in [6.45, 7) is 0.552. The van der Waals surface area contributed by atoms with Gasteiger partial charge in [0, 0.05) is 16.6 Å². The summed E-state index contributed by atoms with van der Waals surface area (Å²) in [5.74, 6) is -0.512. The van der Waals surface area contributed by atoms with Crippen LogP contribution in [0.2, 0.25) is 0 Å². The Morgan fingerprint density at radius 2 is 2.35 bits per heavy atom. The molecule has 0 spiro atoms. The van der Waals surface area contributed by atoms with Gasteiger partial charge in [-0.1, -0.05) is 15.9 Å². The highest BCUT2D eigenvalue weighted by molar-refractivity contribution is 9.10. The first-order chi connectivity index (χ1) is 8.09. The summed E-state index contributed by atoms with van der Waals surface area (Å²) in [6, 6.07) is 6.38. The van der Waals surface area contributed by atoms with E-state index in [-0.39, 0.29) is 12.2 Å². The average Bonchev–Trinajstić information content (AvgIpc) is 2.81. The minimum absolute atomic E-state index is 0.131. The fourth-order valence-corrected chi connectivity index (χ4v) is 2.35. The average molecular weight is 300 g/mol. The number of aliphatic hydroxyl groups excluding tert-OH is 1. The van der Waals surface area contributed by atoms with Gasteiger partial charge in [0.15, 0.2) is 0 Å². The van der Waals surface area contributed by atoms with Crippen molar-refractivity contribution in [2.45, 2.75) is 12.5 Å². The molecule has 0 aliphatic carbocycles. The molecular weight excluding hydrogens is 289 g/mol. The highest BCUT2D eigenvalue weighted by Gasteiger charge is 2.44. The van der Waals surface area contributed by atoms with Crippen LogP contribution in [0, 0.1) is 22.6 Å². The van der Waals surface area contributed by atoms with Gasteiger partial charge in [-0.2, -0.15) is 5.26 Å². The third-order valence-corrected chi connectivity index (χ3v) is 3.54. The lowest BCUT2D eigenvalue weighted by atomic mass is 9.79. The van der Waals surface area contributed by atoms with E-state index >= 15 is 0 Å². The number of rotatable bonds is 2. The molecule has 5 heteroatoms. The van der Waals surface area contributed by atoms with E-state index in [2.05, 4.69) is 22.0 Å². The number of aliphatic hydroxyl groups is 1. The molecule has 1 fully saturated rings. The van der Waals surface area contributed by atoms with Gasteiger partial charge in [0.2, 0.25) is 0 Å². The van der Waals surface area contributed by atoms with Crippen LogP contribution in [-0.2, 0) is 4.74 Å². The summed E-state index contributed by atoms with van der Waals surface area (Å²) < 4.78 is 19.5. The Morgan fingerprint density at radius 3 is 2.94 bits per heavy atom. The molecule has 3 nitrogen and oxygen atoms in total. The molecule has 1 N–H and O–H groups in total. The maximum absolute atomic E-state index is 13.6. The van der Waals surface area contributed by atoms with Crippen molar-refractivity contribution < 1.29 is 14.2 Å². The van der Waals surface area contributed by atoms with Crippen molar-refractivity contribution in [1.82, 2.24) is 0 Å². The second-order valence-corrected chi connectivity index (χ2v) is 5.05. The van der Waals surface area contributed by atoms with Crippen LogP contribution >= 0.6 is 15.9 Å². The summed E-state index contributed by atoms with van der Waals surface area (Å²) in [5.41, 5.74) is -0.909. The Morgan fingerprint density at radius 1 is 1.59 bits per heavy atom. The quantitative estimate of drug-likeness (QED) is 0.913. The normalized spacial score (nSPS) is 25.5. The second kappa shape index (κ2) is 4.73. The Hall–Kier alpha value is -0.960. The topological polar surface area (TPSA) is 53.2 Å². The number of benzene rings is 1. The molecule has 0 amide bonds. The van der Waals surface area contributed by atoms with E-state index in [1.165, 1.54) is 12.1 Å². The van der Waals surface area contributed by atoms with Gasteiger partial charge in [-0.3, -0.25) is 0 Å². The van der Waals surface area contributed by atoms with Gasteiger partial charge in [-0.05, 0) is 24.6 Å². The first-order valence-corrected chi connectivity index (χ1v) is 6.00. The second-order valence-electron chi connectivity index (χ2n) is 4.14. The number of halogens is 2. The number of nitriles is 1. The lowest BCUT2D eigenvalue weighted by Crippen LogP contribution is -2.28. The zero-order valence-corrected chi connectivity index (χ0v) is 10.6. The Labute approximate surface area is 107 Å². The molecule has 2 atom stereocenters. The lowest BCUT2D eigenvalue weighted by Gasteiger charge is -2.26. The molecule has 2 rings (SSSR count). The van der Waals surface area contributed by atoms with Gasteiger partial charge in [-0.15, -0.1) is 0 Å². The zero-order chi connectivity index (χ0) is 12.5.